The summed E-state index contributed by atoms with van der Waals surface area (Å²) in [5.74, 6) is 5.44. The summed E-state index contributed by atoms with van der Waals surface area (Å²) in [5, 5.41) is 0. The van der Waals surface area contributed by atoms with Crippen molar-refractivity contribution >= 4 is 17.0 Å². The Morgan fingerprint density at radius 2 is 1.25 bits per heavy atom. The van der Waals surface area contributed by atoms with Crippen molar-refractivity contribution in [2.24, 2.45) is 29.6 Å². The predicted octanol–water partition coefficient (Wildman–Crippen LogP) is 8.72. The zero-order valence-corrected chi connectivity index (χ0v) is 20.9. The topological polar surface area (TPSA) is 0 Å². The Bertz CT molecular complexity index is 262. The van der Waals surface area contributed by atoms with E-state index in [2.05, 4.69) is 20.8 Å². The van der Waals surface area contributed by atoms with E-state index < -0.39 is 20.8 Å². The number of hydrogen-bond acceptors (Lipinski definition) is 0. The zero-order valence-electron chi connectivity index (χ0n) is 16.9. The van der Waals surface area contributed by atoms with Crippen molar-refractivity contribution in [1.82, 2.24) is 0 Å². The molecule has 0 saturated heterocycles. The number of fused-ring (bicyclic) bond motifs is 1. The van der Waals surface area contributed by atoms with Crippen LogP contribution in [0.15, 0.2) is 0 Å². The second-order valence-corrected chi connectivity index (χ2v) is 12.0. The van der Waals surface area contributed by atoms with Crippen LogP contribution in [0.3, 0.4) is 0 Å². The Morgan fingerprint density at radius 1 is 0.792 bits per heavy atom. The van der Waals surface area contributed by atoms with Crippen LogP contribution in [0, 0.1) is 44.4 Å². The van der Waals surface area contributed by atoms with Gasteiger partial charge in [-0.25, -0.2) is 0 Å². The van der Waals surface area contributed by atoms with Crippen molar-refractivity contribution in [3.8, 4) is 0 Å². The maximum atomic E-state index is 4.93. The molecule has 0 nitrogen and oxygen atoms in total. The summed E-state index contributed by atoms with van der Waals surface area (Å²) >= 11 is -0.826. The summed E-state index contributed by atoms with van der Waals surface area (Å²) in [6, 6.07) is 0. The molecule has 3 fully saturated rings. The van der Waals surface area contributed by atoms with Gasteiger partial charge in [0.1, 0.15) is 0 Å². The first-order valence-electron chi connectivity index (χ1n) is 9.54. The Balaban J connectivity index is 0. The molecule has 3 aliphatic rings. The Labute approximate surface area is 172 Å². The van der Waals surface area contributed by atoms with Crippen LogP contribution >= 0.6 is 17.0 Å². The molecular weight excluding hydrogens is 414 g/mol. The van der Waals surface area contributed by atoms with Gasteiger partial charge >= 0.3 is 37.9 Å². The third-order valence-corrected chi connectivity index (χ3v) is 5.59. The first kappa shape index (κ1) is 27.7. The van der Waals surface area contributed by atoms with Crippen molar-refractivity contribution in [1.29, 1.82) is 0 Å². The zero-order chi connectivity index (χ0) is 16.4. The van der Waals surface area contributed by atoms with Crippen LogP contribution in [-0.2, 0) is 20.8 Å². The van der Waals surface area contributed by atoms with E-state index in [1.807, 2.05) is 0 Å². The molecule has 3 saturated carbocycles. The van der Waals surface area contributed by atoms with Crippen LogP contribution in [0.4, 0.5) is 0 Å². The van der Waals surface area contributed by atoms with Crippen LogP contribution in [0.1, 0.15) is 91.4 Å². The molecule has 0 heterocycles. The van der Waals surface area contributed by atoms with Crippen LogP contribution in [0.5, 0.6) is 0 Å². The fraction of sp³-hybridized carbons (Fsp3) is 0.905. The van der Waals surface area contributed by atoms with E-state index in [4.69, 9.17) is 17.0 Å². The van der Waals surface area contributed by atoms with Crippen LogP contribution < -0.4 is 0 Å². The van der Waals surface area contributed by atoms with Gasteiger partial charge in [-0.1, -0.05) is 65.7 Å². The number of hydrogen-bond donors (Lipinski definition) is 0. The molecule has 3 rings (SSSR count). The molecule has 0 aromatic carbocycles. The maximum absolute atomic E-state index is 4.93. The molecule has 0 radical (unpaired) electrons. The van der Waals surface area contributed by atoms with Crippen molar-refractivity contribution in [3.63, 3.8) is 0 Å². The molecule has 144 valence electrons. The average Bonchev–Trinajstić information content (AvgIpc) is 3.10. The second-order valence-electron chi connectivity index (χ2n) is 8.24. The van der Waals surface area contributed by atoms with E-state index in [0.29, 0.717) is 0 Å². The number of rotatable bonds is 2. The summed E-state index contributed by atoms with van der Waals surface area (Å²) < 4.78 is 0. The molecule has 0 aliphatic heterocycles. The molecule has 0 spiro atoms. The molecule has 0 amide bonds. The minimum absolute atomic E-state index is 0. The summed E-state index contributed by atoms with van der Waals surface area (Å²) in [5.41, 5.74) is 0. The Kier molecular flexibility index (Phi) is 19.2. The fourth-order valence-electron chi connectivity index (χ4n) is 4.82. The second kappa shape index (κ2) is 16.6. The first-order valence-corrected chi connectivity index (χ1v) is 15.9. The third kappa shape index (κ3) is 11.2. The average molecular weight is 457 g/mol. The normalized spacial score (nSPS) is 28.2. The molecule has 24 heavy (non-hydrogen) atoms. The molecule has 3 aliphatic carbocycles. The van der Waals surface area contributed by atoms with Gasteiger partial charge in [0.25, 0.3) is 0 Å². The molecule has 0 bridgehead atoms. The SMILES string of the molecule is C1CCC(CC2CCC3CCCCC32)C1.CC(C)C.[CH3-].[CH3-].[Cl][Zr+2][Cl]. The van der Waals surface area contributed by atoms with Gasteiger partial charge in [0.05, 0.1) is 0 Å². The van der Waals surface area contributed by atoms with Crippen molar-refractivity contribution in [2.75, 3.05) is 0 Å². The van der Waals surface area contributed by atoms with Gasteiger partial charge in [0, 0.05) is 0 Å². The standard InChI is InChI=1S/C15H26.C4H10.2CH3.2ClH.Zr/c1-2-6-12(5-1)11-14-10-9-13-7-3-4-8-15(13)14;1-4(2)3;;;;;/h12-15H,1-11H2;4H,1-3H3;2*1H3;2*1H;/q;;2*-1;;;+4/p-2. The monoisotopic (exact) mass is 454 g/mol. The van der Waals surface area contributed by atoms with Crippen LogP contribution in [0.2, 0.25) is 0 Å². The molecule has 0 aromatic rings. The van der Waals surface area contributed by atoms with Gasteiger partial charge in [-0.05, 0) is 55.3 Å². The van der Waals surface area contributed by atoms with Gasteiger partial charge in [-0.3, -0.25) is 0 Å². The molecular formula is C21H42Cl2Zr. The quantitative estimate of drug-likeness (QED) is 0.364. The predicted molar refractivity (Wildman–Crippen MR) is 110 cm³/mol. The van der Waals surface area contributed by atoms with Gasteiger partial charge in [0.2, 0.25) is 0 Å². The van der Waals surface area contributed by atoms with E-state index in [1.54, 1.807) is 51.4 Å². The number of halogens is 2. The minimum atomic E-state index is -0.826. The summed E-state index contributed by atoms with van der Waals surface area (Å²) in [7, 11) is 9.87. The van der Waals surface area contributed by atoms with Crippen molar-refractivity contribution in [3.05, 3.63) is 14.9 Å². The third-order valence-electron chi connectivity index (χ3n) is 5.59. The summed E-state index contributed by atoms with van der Waals surface area (Å²) in [4.78, 5) is 0. The van der Waals surface area contributed by atoms with Gasteiger partial charge in [-0.15, -0.1) is 0 Å². The van der Waals surface area contributed by atoms with Crippen LogP contribution in [-0.4, -0.2) is 0 Å². The van der Waals surface area contributed by atoms with Crippen LogP contribution in [0.25, 0.3) is 0 Å². The molecule has 0 aromatic heterocycles. The molecule has 0 N–H and O–H groups in total. The van der Waals surface area contributed by atoms with E-state index in [1.165, 1.54) is 25.2 Å². The molecule has 3 atom stereocenters. The van der Waals surface area contributed by atoms with E-state index in [0.717, 1.165) is 23.7 Å². The Morgan fingerprint density at radius 3 is 1.79 bits per heavy atom. The van der Waals surface area contributed by atoms with E-state index >= 15 is 0 Å². The van der Waals surface area contributed by atoms with E-state index in [-0.39, 0.29) is 14.9 Å². The summed E-state index contributed by atoms with van der Waals surface area (Å²) in [6.45, 7) is 6.50. The fourth-order valence-corrected chi connectivity index (χ4v) is 4.82. The van der Waals surface area contributed by atoms with Crippen molar-refractivity contribution < 1.29 is 20.8 Å². The summed E-state index contributed by atoms with van der Waals surface area (Å²) in [6.07, 6.45) is 17.2. The van der Waals surface area contributed by atoms with Gasteiger partial charge in [0.15, 0.2) is 0 Å². The molecule has 3 unspecified atom stereocenters. The van der Waals surface area contributed by atoms with Gasteiger partial charge in [-0.2, -0.15) is 0 Å². The van der Waals surface area contributed by atoms with E-state index in [9.17, 15) is 0 Å². The van der Waals surface area contributed by atoms with Gasteiger partial charge < -0.3 is 14.9 Å². The molecule has 3 heteroatoms. The van der Waals surface area contributed by atoms with Crippen molar-refractivity contribution in [2.45, 2.75) is 91.4 Å². The Hall–Kier alpha value is 1.46. The first-order chi connectivity index (χ1) is 10.6.